The van der Waals surface area contributed by atoms with Gasteiger partial charge in [-0.2, -0.15) is 0 Å². The van der Waals surface area contributed by atoms with Gasteiger partial charge in [-0.25, -0.2) is 9.78 Å². The first-order chi connectivity index (χ1) is 9.08. The van der Waals surface area contributed by atoms with Gasteiger partial charge < -0.3 is 15.0 Å². The molecule has 0 saturated carbocycles. The molecule has 0 aliphatic rings. The zero-order valence-electron chi connectivity index (χ0n) is 11.0. The number of nitrogen functional groups attached to an aromatic ring is 1. The lowest BCUT2D eigenvalue weighted by molar-refractivity contribution is 0.0505. The maximum Gasteiger partial charge on any atom is 0.340 e. The Morgan fingerprint density at radius 1 is 1.47 bits per heavy atom. The topological polar surface area (TPSA) is 83.0 Å². The molecule has 0 unspecified atom stereocenters. The number of hydrogen-bond donors (Lipinski definition) is 1. The summed E-state index contributed by atoms with van der Waals surface area (Å²) in [5.74, 6) is 0.460. The molecule has 100 valence electrons. The molecule has 2 rings (SSSR count). The van der Waals surface area contributed by atoms with Gasteiger partial charge in [-0.3, -0.25) is 4.98 Å². The second-order valence-electron chi connectivity index (χ2n) is 4.24. The Morgan fingerprint density at radius 3 is 2.95 bits per heavy atom. The summed E-state index contributed by atoms with van der Waals surface area (Å²) in [6, 6.07) is 1.57. The quantitative estimate of drug-likeness (QED) is 0.832. The molecule has 0 atom stereocenters. The predicted molar refractivity (Wildman–Crippen MR) is 70.6 cm³/mol. The number of rotatable bonds is 4. The van der Waals surface area contributed by atoms with Crippen LogP contribution in [0.3, 0.4) is 0 Å². The molecular weight excluding hydrogens is 244 g/mol. The number of nitrogens with zero attached hydrogens (tertiary/aromatic N) is 3. The Balaban J connectivity index is 1.94. The third kappa shape index (κ3) is 3.09. The van der Waals surface area contributed by atoms with Gasteiger partial charge in [0.15, 0.2) is 0 Å². The fourth-order valence-corrected chi connectivity index (χ4v) is 1.71. The first kappa shape index (κ1) is 13.1. The average Bonchev–Trinajstić information content (AvgIpc) is 2.78. The van der Waals surface area contributed by atoms with Crippen LogP contribution < -0.4 is 5.73 Å². The number of ether oxygens (including phenoxy) is 1. The van der Waals surface area contributed by atoms with Crippen LogP contribution in [0.4, 0.5) is 5.69 Å². The molecular formula is C13H16N4O2. The third-order valence-corrected chi connectivity index (χ3v) is 2.81. The normalized spacial score (nSPS) is 10.4. The van der Waals surface area contributed by atoms with E-state index in [0.29, 0.717) is 23.4 Å². The van der Waals surface area contributed by atoms with Gasteiger partial charge in [-0.1, -0.05) is 0 Å². The average molecular weight is 260 g/mol. The van der Waals surface area contributed by atoms with Gasteiger partial charge in [-0.15, -0.1) is 0 Å². The van der Waals surface area contributed by atoms with Crippen molar-refractivity contribution >= 4 is 11.7 Å². The Bertz CT molecular complexity index is 592. The second kappa shape index (κ2) is 5.51. The lowest BCUT2D eigenvalue weighted by atomic mass is 10.2. The maximum absolute atomic E-state index is 11.9. The molecule has 6 heteroatoms. The van der Waals surface area contributed by atoms with Gasteiger partial charge in [0.2, 0.25) is 0 Å². The van der Waals surface area contributed by atoms with Crippen LogP contribution in [0.25, 0.3) is 0 Å². The number of imidazole rings is 1. The van der Waals surface area contributed by atoms with Crippen LogP contribution in [0, 0.1) is 6.92 Å². The molecule has 6 nitrogen and oxygen atoms in total. The number of aryl methyl sites for hydroxylation is 2. The van der Waals surface area contributed by atoms with E-state index in [9.17, 15) is 4.79 Å². The lowest BCUT2D eigenvalue weighted by Crippen LogP contribution is -2.12. The van der Waals surface area contributed by atoms with Crippen LogP contribution in [-0.4, -0.2) is 27.1 Å². The van der Waals surface area contributed by atoms with E-state index in [1.54, 1.807) is 19.2 Å². The highest BCUT2D eigenvalue weighted by atomic mass is 16.5. The lowest BCUT2D eigenvalue weighted by Gasteiger charge is -2.07. The molecule has 2 aromatic rings. The Kier molecular flexibility index (Phi) is 3.79. The van der Waals surface area contributed by atoms with Crippen LogP contribution in [0.2, 0.25) is 0 Å². The third-order valence-electron chi connectivity index (χ3n) is 2.81. The molecule has 0 bridgehead atoms. The predicted octanol–water partition coefficient (Wildman–Crippen LogP) is 1.11. The molecule has 0 fully saturated rings. The summed E-state index contributed by atoms with van der Waals surface area (Å²) in [7, 11) is 1.90. The first-order valence-corrected chi connectivity index (χ1v) is 5.93. The number of pyridine rings is 1. The molecule has 0 radical (unpaired) electrons. The van der Waals surface area contributed by atoms with Crippen molar-refractivity contribution in [3.63, 3.8) is 0 Å². The molecule has 2 aromatic heterocycles. The van der Waals surface area contributed by atoms with Crippen LogP contribution in [0.15, 0.2) is 24.7 Å². The molecule has 0 spiro atoms. The van der Waals surface area contributed by atoms with Crippen molar-refractivity contribution in [1.29, 1.82) is 0 Å². The van der Waals surface area contributed by atoms with Crippen molar-refractivity contribution < 1.29 is 9.53 Å². The highest BCUT2D eigenvalue weighted by molar-refractivity contribution is 5.91. The molecule has 0 aliphatic heterocycles. The van der Waals surface area contributed by atoms with E-state index in [-0.39, 0.29) is 6.61 Å². The molecule has 2 heterocycles. The van der Waals surface area contributed by atoms with Crippen LogP contribution in [0.1, 0.15) is 21.9 Å². The molecule has 19 heavy (non-hydrogen) atoms. The van der Waals surface area contributed by atoms with Crippen molar-refractivity contribution in [3.8, 4) is 0 Å². The molecule has 0 amide bonds. The van der Waals surface area contributed by atoms with E-state index < -0.39 is 5.97 Å². The maximum atomic E-state index is 11.9. The van der Waals surface area contributed by atoms with E-state index in [1.165, 1.54) is 6.20 Å². The summed E-state index contributed by atoms with van der Waals surface area (Å²) in [5.41, 5.74) is 7.06. The number of nitrogens with two attached hydrogens (primary N) is 1. The van der Waals surface area contributed by atoms with E-state index in [2.05, 4.69) is 9.97 Å². The number of carbonyl (C=O) groups excluding carboxylic acids is 1. The van der Waals surface area contributed by atoms with E-state index in [1.807, 2.05) is 17.8 Å². The molecule has 0 aliphatic carbocycles. The summed E-state index contributed by atoms with van der Waals surface area (Å²) >= 11 is 0. The Labute approximate surface area is 111 Å². The monoisotopic (exact) mass is 260 g/mol. The zero-order valence-corrected chi connectivity index (χ0v) is 11.0. The van der Waals surface area contributed by atoms with Gasteiger partial charge in [0.05, 0.1) is 29.7 Å². The minimum absolute atomic E-state index is 0.276. The van der Waals surface area contributed by atoms with E-state index >= 15 is 0 Å². The largest absolute Gasteiger partial charge is 0.462 e. The van der Waals surface area contributed by atoms with Gasteiger partial charge in [0, 0.05) is 25.9 Å². The van der Waals surface area contributed by atoms with Crippen molar-refractivity contribution in [2.45, 2.75) is 13.3 Å². The number of anilines is 1. The first-order valence-electron chi connectivity index (χ1n) is 5.93. The van der Waals surface area contributed by atoms with E-state index in [4.69, 9.17) is 10.5 Å². The SMILES string of the molecule is Cc1ncc(N)cc1C(=O)OCCc1nccn1C. The standard InChI is InChI=1S/C13H16N4O2/c1-9-11(7-10(14)8-16-9)13(18)19-6-3-12-15-4-5-17(12)2/h4-5,7-8H,3,6,14H2,1-2H3. The summed E-state index contributed by atoms with van der Waals surface area (Å²) in [6.45, 7) is 2.02. The minimum Gasteiger partial charge on any atom is -0.462 e. The summed E-state index contributed by atoms with van der Waals surface area (Å²) < 4.78 is 7.09. The molecule has 0 saturated heterocycles. The van der Waals surface area contributed by atoms with Crippen molar-refractivity contribution in [1.82, 2.24) is 14.5 Å². The van der Waals surface area contributed by atoms with Crippen LogP contribution in [-0.2, 0) is 18.2 Å². The highest BCUT2D eigenvalue weighted by Crippen LogP contribution is 2.11. The number of carbonyl (C=O) groups is 1. The Hall–Kier alpha value is -2.37. The van der Waals surface area contributed by atoms with Gasteiger partial charge in [0.1, 0.15) is 5.82 Å². The van der Waals surface area contributed by atoms with Gasteiger partial charge in [0.25, 0.3) is 0 Å². The summed E-state index contributed by atoms with van der Waals surface area (Å²) in [6.07, 6.45) is 5.65. The highest BCUT2D eigenvalue weighted by Gasteiger charge is 2.12. The summed E-state index contributed by atoms with van der Waals surface area (Å²) in [4.78, 5) is 20.1. The Morgan fingerprint density at radius 2 is 2.26 bits per heavy atom. The minimum atomic E-state index is -0.411. The second-order valence-corrected chi connectivity index (χ2v) is 4.24. The van der Waals surface area contributed by atoms with Crippen molar-refractivity contribution in [2.24, 2.45) is 7.05 Å². The zero-order chi connectivity index (χ0) is 13.8. The van der Waals surface area contributed by atoms with Crippen LogP contribution >= 0.6 is 0 Å². The van der Waals surface area contributed by atoms with Crippen molar-refractivity contribution in [3.05, 3.63) is 41.7 Å². The fourth-order valence-electron chi connectivity index (χ4n) is 1.71. The van der Waals surface area contributed by atoms with Crippen LogP contribution in [0.5, 0.6) is 0 Å². The van der Waals surface area contributed by atoms with Gasteiger partial charge >= 0.3 is 5.97 Å². The molecule has 0 aromatic carbocycles. The van der Waals surface area contributed by atoms with E-state index in [0.717, 1.165) is 5.82 Å². The number of aromatic nitrogens is 3. The number of esters is 1. The number of hydrogen-bond acceptors (Lipinski definition) is 5. The molecule has 2 N–H and O–H groups in total. The summed E-state index contributed by atoms with van der Waals surface area (Å²) in [5, 5.41) is 0. The van der Waals surface area contributed by atoms with Gasteiger partial charge in [-0.05, 0) is 13.0 Å². The smallest absolute Gasteiger partial charge is 0.340 e. The van der Waals surface area contributed by atoms with Crippen molar-refractivity contribution in [2.75, 3.05) is 12.3 Å². The fraction of sp³-hybridized carbons (Fsp3) is 0.308.